The van der Waals surface area contributed by atoms with Gasteiger partial charge in [0.25, 0.3) is 5.91 Å². The van der Waals surface area contributed by atoms with Crippen LogP contribution in [0.3, 0.4) is 0 Å². The summed E-state index contributed by atoms with van der Waals surface area (Å²) in [5.41, 5.74) is 7.88. The van der Waals surface area contributed by atoms with Crippen LogP contribution in [0, 0.1) is 5.41 Å². The van der Waals surface area contributed by atoms with E-state index >= 15 is 0 Å². The molecular formula is C13H18N2O2. The van der Waals surface area contributed by atoms with E-state index in [9.17, 15) is 4.79 Å². The van der Waals surface area contributed by atoms with Gasteiger partial charge >= 0.3 is 0 Å². The molecule has 1 aliphatic heterocycles. The molecule has 4 heteroatoms. The summed E-state index contributed by atoms with van der Waals surface area (Å²) in [6.45, 7) is 6.35. The zero-order chi connectivity index (χ0) is 12.6. The van der Waals surface area contributed by atoms with Crippen LogP contribution in [0.4, 0.5) is 5.69 Å². The average Bonchev–Trinajstić information content (AvgIpc) is 2.25. The van der Waals surface area contributed by atoms with Crippen LogP contribution in [0.2, 0.25) is 0 Å². The van der Waals surface area contributed by atoms with Gasteiger partial charge in [0.1, 0.15) is 5.75 Å². The summed E-state index contributed by atoms with van der Waals surface area (Å²) in [4.78, 5) is 11.2. The van der Waals surface area contributed by atoms with Gasteiger partial charge in [0.05, 0.1) is 5.69 Å². The Bertz CT molecular complexity index is 449. The smallest absolute Gasteiger partial charge is 0.262 e. The van der Waals surface area contributed by atoms with Crippen molar-refractivity contribution in [3.05, 3.63) is 23.8 Å². The molecule has 3 N–H and O–H groups in total. The highest BCUT2D eigenvalue weighted by Crippen LogP contribution is 2.35. The quantitative estimate of drug-likeness (QED) is 0.781. The molecular weight excluding hydrogens is 216 g/mol. The second-order valence-corrected chi connectivity index (χ2v) is 5.44. The normalized spacial score (nSPS) is 16.8. The number of ether oxygens (including phenoxy) is 1. The SMILES string of the molecule is CC(C)(C)C(N)c1ccc2c(c1)NC(=O)CO2. The van der Waals surface area contributed by atoms with Crippen LogP contribution in [0.25, 0.3) is 0 Å². The Morgan fingerprint density at radius 2 is 2.12 bits per heavy atom. The van der Waals surface area contributed by atoms with E-state index in [0.717, 1.165) is 5.56 Å². The maximum Gasteiger partial charge on any atom is 0.262 e. The van der Waals surface area contributed by atoms with Crippen molar-refractivity contribution in [2.45, 2.75) is 26.8 Å². The number of carbonyl (C=O) groups is 1. The van der Waals surface area contributed by atoms with Gasteiger partial charge in [-0.1, -0.05) is 26.8 Å². The van der Waals surface area contributed by atoms with Crippen LogP contribution in [0.15, 0.2) is 18.2 Å². The molecule has 1 aromatic carbocycles. The molecule has 0 fully saturated rings. The Labute approximate surface area is 101 Å². The predicted octanol–water partition coefficient (Wildman–Crippen LogP) is 2.06. The van der Waals surface area contributed by atoms with Crippen molar-refractivity contribution in [1.29, 1.82) is 0 Å². The van der Waals surface area contributed by atoms with Crippen LogP contribution < -0.4 is 15.8 Å². The van der Waals surface area contributed by atoms with Gasteiger partial charge in [-0.25, -0.2) is 0 Å². The van der Waals surface area contributed by atoms with Crippen LogP contribution in [-0.4, -0.2) is 12.5 Å². The molecule has 1 amide bonds. The lowest BCUT2D eigenvalue weighted by Crippen LogP contribution is -2.28. The van der Waals surface area contributed by atoms with E-state index in [1.807, 2.05) is 18.2 Å². The van der Waals surface area contributed by atoms with Crippen LogP contribution in [0.5, 0.6) is 5.75 Å². The summed E-state index contributed by atoms with van der Waals surface area (Å²) < 4.78 is 5.30. The minimum Gasteiger partial charge on any atom is -0.482 e. The van der Waals surface area contributed by atoms with Gasteiger partial charge in [-0.3, -0.25) is 4.79 Å². The molecule has 0 aliphatic carbocycles. The van der Waals surface area contributed by atoms with Crippen molar-refractivity contribution in [1.82, 2.24) is 0 Å². The molecule has 1 aliphatic rings. The summed E-state index contributed by atoms with van der Waals surface area (Å²) in [6.07, 6.45) is 0. The lowest BCUT2D eigenvalue weighted by molar-refractivity contribution is -0.118. The highest BCUT2D eigenvalue weighted by atomic mass is 16.5. The first-order valence-electron chi connectivity index (χ1n) is 5.70. The Balaban J connectivity index is 2.33. The summed E-state index contributed by atoms with van der Waals surface area (Å²) in [6, 6.07) is 5.62. The standard InChI is InChI=1S/C13H18N2O2/c1-13(2,3)12(14)8-4-5-10-9(6-8)15-11(16)7-17-10/h4-6,12H,7,14H2,1-3H3,(H,15,16). The van der Waals surface area contributed by atoms with Crippen LogP contribution in [0.1, 0.15) is 32.4 Å². The second kappa shape index (κ2) is 4.04. The minimum atomic E-state index is -0.126. The van der Waals surface area contributed by atoms with E-state index in [1.54, 1.807) is 0 Å². The molecule has 2 rings (SSSR count). The molecule has 1 aromatic rings. The summed E-state index contributed by atoms with van der Waals surface area (Å²) >= 11 is 0. The number of carbonyl (C=O) groups excluding carboxylic acids is 1. The number of hydrogen-bond acceptors (Lipinski definition) is 3. The molecule has 1 atom stereocenters. The fraction of sp³-hybridized carbons (Fsp3) is 0.462. The summed E-state index contributed by atoms with van der Waals surface area (Å²) in [5, 5.41) is 2.79. The third-order valence-electron chi connectivity index (χ3n) is 2.93. The first kappa shape index (κ1) is 11.9. The van der Waals surface area contributed by atoms with Gasteiger partial charge in [0.15, 0.2) is 6.61 Å². The van der Waals surface area contributed by atoms with Gasteiger partial charge in [-0.05, 0) is 23.1 Å². The van der Waals surface area contributed by atoms with E-state index in [0.29, 0.717) is 11.4 Å². The van der Waals surface area contributed by atoms with E-state index in [-0.39, 0.29) is 24.0 Å². The van der Waals surface area contributed by atoms with Crippen molar-refractivity contribution >= 4 is 11.6 Å². The van der Waals surface area contributed by atoms with Gasteiger partial charge in [-0.2, -0.15) is 0 Å². The Kier molecular flexibility index (Phi) is 2.83. The molecule has 0 saturated heterocycles. The van der Waals surface area contributed by atoms with Gasteiger partial charge in [-0.15, -0.1) is 0 Å². The zero-order valence-corrected chi connectivity index (χ0v) is 10.4. The third kappa shape index (κ3) is 2.42. The van der Waals surface area contributed by atoms with Gasteiger partial charge in [0, 0.05) is 6.04 Å². The Morgan fingerprint density at radius 1 is 1.41 bits per heavy atom. The van der Waals surface area contributed by atoms with Crippen molar-refractivity contribution in [3.8, 4) is 5.75 Å². The number of nitrogens with two attached hydrogens (primary N) is 1. The molecule has 0 spiro atoms. The highest BCUT2D eigenvalue weighted by molar-refractivity contribution is 5.95. The number of nitrogens with one attached hydrogen (secondary N) is 1. The number of fused-ring (bicyclic) bond motifs is 1. The average molecular weight is 234 g/mol. The molecule has 4 nitrogen and oxygen atoms in total. The number of benzene rings is 1. The first-order chi connectivity index (χ1) is 7.88. The van der Waals surface area contributed by atoms with Crippen molar-refractivity contribution < 1.29 is 9.53 Å². The fourth-order valence-corrected chi connectivity index (χ4v) is 1.79. The van der Waals surface area contributed by atoms with E-state index in [4.69, 9.17) is 10.5 Å². The molecule has 0 bridgehead atoms. The van der Waals surface area contributed by atoms with Crippen LogP contribution >= 0.6 is 0 Å². The molecule has 1 heterocycles. The molecule has 1 unspecified atom stereocenters. The number of amides is 1. The van der Waals surface area contributed by atoms with Gasteiger partial charge in [0.2, 0.25) is 0 Å². The molecule has 0 aromatic heterocycles. The molecule has 92 valence electrons. The van der Waals surface area contributed by atoms with Crippen molar-refractivity contribution in [2.75, 3.05) is 11.9 Å². The largest absolute Gasteiger partial charge is 0.482 e. The Hall–Kier alpha value is -1.55. The number of anilines is 1. The van der Waals surface area contributed by atoms with Crippen molar-refractivity contribution in [3.63, 3.8) is 0 Å². The first-order valence-corrected chi connectivity index (χ1v) is 5.70. The highest BCUT2D eigenvalue weighted by Gasteiger charge is 2.24. The maximum atomic E-state index is 11.2. The number of rotatable bonds is 1. The third-order valence-corrected chi connectivity index (χ3v) is 2.93. The van der Waals surface area contributed by atoms with Crippen molar-refractivity contribution in [2.24, 2.45) is 11.1 Å². The lowest BCUT2D eigenvalue weighted by Gasteiger charge is -2.28. The van der Waals surface area contributed by atoms with E-state index < -0.39 is 0 Å². The lowest BCUT2D eigenvalue weighted by atomic mass is 9.83. The Morgan fingerprint density at radius 3 is 2.76 bits per heavy atom. The second-order valence-electron chi connectivity index (χ2n) is 5.44. The number of hydrogen-bond donors (Lipinski definition) is 2. The van der Waals surface area contributed by atoms with Gasteiger partial charge < -0.3 is 15.8 Å². The van der Waals surface area contributed by atoms with Crippen LogP contribution in [-0.2, 0) is 4.79 Å². The molecule has 0 radical (unpaired) electrons. The monoisotopic (exact) mass is 234 g/mol. The predicted molar refractivity (Wildman–Crippen MR) is 67.0 cm³/mol. The fourth-order valence-electron chi connectivity index (χ4n) is 1.79. The maximum absolute atomic E-state index is 11.2. The molecule has 0 saturated carbocycles. The topological polar surface area (TPSA) is 64.3 Å². The molecule has 17 heavy (non-hydrogen) atoms. The summed E-state index contributed by atoms with van der Waals surface area (Å²) in [5.74, 6) is 0.577. The summed E-state index contributed by atoms with van der Waals surface area (Å²) in [7, 11) is 0. The van der Waals surface area contributed by atoms with E-state index in [2.05, 4.69) is 26.1 Å². The minimum absolute atomic E-state index is 0.0201. The van der Waals surface area contributed by atoms with E-state index in [1.165, 1.54) is 0 Å². The zero-order valence-electron chi connectivity index (χ0n) is 10.4.